The van der Waals surface area contributed by atoms with Gasteiger partial charge in [0.05, 0.1) is 12.1 Å². The number of fused-ring (bicyclic) bond motifs is 1. The summed E-state index contributed by atoms with van der Waals surface area (Å²) in [6, 6.07) is 16.3. The fourth-order valence-electron chi connectivity index (χ4n) is 3.06. The molecule has 3 aromatic rings. The molecule has 1 aromatic heterocycles. The van der Waals surface area contributed by atoms with Gasteiger partial charge in [0.25, 0.3) is 5.91 Å². The van der Waals surface area contributed by atoms with Crippen molar-refractivity contribution >= 4 is 28.9 Å². The molecule has 2 aromatic carbocycles. The van der Waals surface area contributed by atoms with Gasteiger partial charge in [-0.2, -0.15) is 0 Å². The maximum Gasteiger partial charge on any atom is 0.338 e. The second-order valence-corrected chi connectivity index (χ2v) is 7.86. The SMILES string of the molecule is Cc1ccc(C(=O)OCC(=O)N(Cc2cccs2)c2ccc3c(c2)OCCO3)cc1. The normalized spacial score (nSPS) is 12.3. The molecule has 30 heavy (non-hydrogen) atoms. The van der Waals surface area contributed by atoms with Crippen LogP contribution in [0.4, 0.5) is 5.69 Å². The van der Waals surface area contributed by atoms with Gasteiger partial charge >= 0.3 is 5.97 Å². The maximum absolute atomic E-state index is 13.0. The number of nitrogens with zero attached hydrogens (tertiary/aromatic N) is 1. The highest BCUT2D eigenvalue weighted by Crippen LogP contribution is 2.34. The monoisotopic (exact) mass is 423 g/mol. The van der Waals surface area contributed by atoms with Gasteiger partial charge in [-0.15, -0.1) is 11.3 Å². The zero-order valence-electron chi connectivity index (χ0n) is 16.5. The van der Waals surface area contributed by atoms with Crippen molar-refractivity contribution in [3.8, 4) is 11.5 Å². The zero-order valence-corrected chi connectivity index (χ0v) is 17.3. The lowest BCUT2D eigenvalue weighted by Crippen LogP contribution is -2.34. The first kappa shape index (κ1) is 20.0. The molecule has 0 saturated heterocycles. The van der Waals surface area contributed by atoms with Gasteiger partial charge in [-0.3, -0.25) is 4.79 Å². The van der Waals surface area contributed by atoms with Crippen LogP contribution in [-0.2, 0) is 16.1 Å². The molecule has 1 aliphatic rings. The van der Waals surface area contributed by atoms with Crippen LogP contribution in [0.3, 0.4) is 0 Å². The number of hydrogen-bond acceptors (Lipinski definition) is 6. The van der Waals surface area contributed by atoms with E-state index in [1.54, 1.807) is 46.6 Å². The summed E-state index contributed by atoms with van der Waals surface area (Å²) < 4.78 is 16.5. The Morgan fingerprint density at radius 2 is 1.80 bits per heavy atom. The molecule has 1 amide bonds. The second-order valence-electron chi connectivity index (χ2n) is 6.83. The Morgan fingerprint density at radius 3 is 2.53 bits per heavy atom. The van der Waals surface area contributed by atoms with Gasteiger partial charge in [-0.1, -0.05) is 23.8 Å². The first-order chi connectivity index (χ1) is 14.6. The number of rotatable bonds is 6. The molecule has 0 aliphatic carbocycles. The van der Waals surface area contributed by atoms with E-state index in [1.165, 1.54) is 0 Å². The third-order valence-electron chi connectivity index (χ3n) is 4.65. The van der Waals surface area contributed by atoms with E-state index in [1.807, 2.05) is 36.6 Å². The average molecular weight is 423 g/mol. The Kier molecular flexibility index (Phi) is 5.99. The predicted molar refractivity (Wildman–Crippen MR) is 114 cm³/mol. The topological polar surface area (TPSA) is 65.1 Å². The van der Waals surface area contributed by atoms with Crippen molar-refractivity contribution in [1.82, 2.24) is 0 Å². The van der Waals surface area contributed by atoms with Crippen molar-refractivity contribution < 1.29 is 23.8 Å². The van der Waals surface area contributed by atoms with Crippen LogP contribution in [0.2, 0.25) is 0 Å². The Bertz CT molecular complexity index is 1030. The van der Waals surface area contributed by atoms with Crippen LogP contribution < -0.4 is 14.4 Å². The molecular weight excluding hydrogens is 402 g/mol. The number of amides is 1. The van der Waals surface area contributed by atoms with Crippen molar-refractivity contribution in [2.75, 3.05) is 24.7 Å². The highest BCUT2D eigenvalue weighted by Gasteiger charge is 2.22. The molecule has 0 unspecified atom stereocenters. The number of benzene rings is 2. The van der Waals surface area contributed by atoms with Crippen LogP contribution in [0, 0.1) is 6.92 Å². The molecule has 0 spiro atoms. The molecule has 0 radical (unpaired) electrons. The highest BCUT2D eigenvalue weighted by atomic mass is 32.1. The molecule has 1 aliphatic heterocycles. The largest absolute Gasteiger partial charge is 0.486 e. The summed E-state index contributed by atoms with van der Waals surface area (Å²) in [6.07, 6.45) is 0. The zero-order chi connectivity index (χ0) is 20.9. The fraction of sp³-hybridized carbons (Fsp3) is 0.217. The van der Waals surface area contributed by atoms with E-state index < -0.39 is 5.97 Å². The number of carbonyl (C=O) groups excluding carboxylic acids is 2. The quantitative estimate of drug-likeness (QED) is 0.556. The Balaban J connectivity index is 1.51. The van der Waals surface area contributed by atoms with Crippen molar-refractivity contribution in [3.05, 3.63) is 76.0 Å². The van der Waals surface area contributed by atoms with Crippen LogP contribution >= 0.6 is 11.3 Å². The summed E-state index contributed by atoms with van der Waals surface area (Å²) in [7, 11) is 0. The molecule has 0 N–H and O–H groups in total. The Morgan fingerprint density at radius 1 is 1.03 bits per heavy atom. The molecule has 0 fully saturated rings. The van der Waals surface area contributed by atoms with Crippen LogP contribution in [0.5, 0.6) is 11.5 Å². The lowest BCUT2D eigenvalue weighted by Gasteiger charge is -2.25. The van der Waals surface area contributed by atoms with Gasteiger partial charge in [-0.25, -0.2) is 4.79 Å². The molecule has 0 atom stereocenters. The highest BCUT2D eigenvalue weighted by molar-refractivity contribution is 7.09. The van der Waals surface area contributed by atoms with E-state index in [-0.39, 0.29) is 12.5 Å². The van der Waals surface area contributed by atoms with Gasteiger partial charge in [0.2, 0.25) is 0 Å². The Labute approximate surface area is 178 Å². The number of thiophene rings is 1. The second kappa shape index (κ2) is 9.00. The van der Waals surface area contributed by atoms with Crippen LogP contribution in [-0.4, -0.2) is 31.7 Å². The van der Waals surface area contributed by atoms with Crippen molar-refractivity contribution in [1.29, 1.82) is 0 Å². The first-order valence-electron chi connectivity index (χ1n) is 9.56. The van der Waals surface area contributed by atoms with Gasteiger partial charge in [0, 0.05) is 16.6 Å². The summed E-state index contributed by atoms with van der Waals surface area (Å²) in [5, 5.41) is 1.96. The molecule has 154 valence electrons. The van der Waals surface area contributed by atoms with Crippen molar-refractivity contribution in [2.24, 2.45) is 0 Å². The molecule has 7 heteroatoms. The van der Waals surface area contributed by atoms with E-state index in [0.717, 1.165) is 10.4 Å². The van der Waals surface area contributed by atoms with Crippen molar-refractivity contribution in [3.63, 3.8) is 0 Å². The average Bonchev–Trinajstić information content (AvgIpc) is 3.29. The predicted octanol–water partition coefficient (Wildman–Crippen LogP) is 4.22. The van der Waals surface area contributed by atoms with Gasteiger partial charge < -0.3 is 19.1 Å². The van der Waals surface area contributed by atoms with E-state index in [0.29, 0.717) is 42.5 Å². The van der Waals surface area contributed by atoms with Crippen LogP contribution in [0.25, 0.3) is 0 Å². The summed E-state index contributed by atoms with van der Waals surface area (Å²) in [5.41, 5.74) is 2.12. The number of ether oxygens (including phenoxy) is 3. The molecule has 0 saturated carbocycles. The van der Waals surface area contributed by atoms with Gasteiger partial charge in [0.15, 0.2) is 18.1 Å². The number of anilines is 1. The molecular formula is C23H21NO5S. The minimum atomic E-state index is -0.526. The summed E-state index contributed by atoms with van der Waals surface area (Å²) in [4.78, 5) is 27.9. The van der Waals surface area contributed by atoms with Crippen LogP contribution in [0.15, 0.2) is 60.0 Å². The van der Waals surface area contributed by atoms with E-state index in [9.17, 15) is 9.59 Å². The lowest BCUT2D eigenvalue weighted by molar-refractivity contribution is -0.121. The van der Waals surface area contributed by atoms with E-state index >= 15 is 0 Å². The van der Waals surface area contributed by atoms with Crippen molar-refractivity contribution in [2.45, 2.75) is 13.5 Å². The molecule has 4 rings (SSSR count). The summed E-state index contributed by atoms with van der Waals surface area (Å²) in [5.74, 6) is 0.404. The van der Waals surface area contributed by atoms with E-state index in [4.69, 9.17) is 14.2 Å². The molecule has 0 bridgehead atoms. The summed E-state index contributed by atoms with van der Waals surface area (Å²) >= 11 is 1.56. The van der Waals surface area contributed by atoms with Crippen LogP contribution in [0.1, 0.15) is 20.8 Å². The number of aryl methyl sites for hydroxylation is 1. The molecule has 2 heterocycles. The van der Waals surface area contributed by atoms with E-state index in [2.05, 4.69) is 0 Å². The number of esters is 1. The fourth-order valence-corrected chi connectivity index (χ4v) is 3.75. The lowest BCUT2D eigenvalue weighted by atomic mass is 10.1. The number of carbonyl (C=O) groups is 2. The third kappa shape index (κ3) is 4.63. The third-order valence-corrected chi connectivity index (χ3v) is 5.51. The van der Waals surface area contributed by atoms with Gasteiger partial charge in [-0.05, 0) is 42.6 Å². The maximum atomic E-state index is 13.0. The minimum absolute atomic E-state index is 0.319. The smallest absolute Gasteiger partial charge is 0.338 e. The number of hydrogen-bond donors (Lipinski definition) is 0. The minimum Gasteiger partial charge on any atom is -0.486 e. The molecule has 6 nitrogen and oxygen atoms in total. The Hall–Kier alpha value is -3.32. The first-order valence-corrected chi connectivity index (χ1v) is 10.4. The standard InChI is InChI=1S/C23H21NO5S/c1-16-4-6-17(7-5-16)23(26)29-15-22(25)24(14-19-3-2-12-30-19)18-8-9-20-21(13-18)28-11-10-27-20/h2-9,12-13H,10-11,14-15H2,1H3. The van der Waals surface area contributed by atoms with Gasteiger partial charge in [0.1, 0.15) is 13.2 Å². The summed E-state index contributed by atoms with van der Waals surface area (Å²) in [6.45, 7) is 2.92.